The zero-order chi connectivity index (χ0) is 15.2. The maximum atomic E-state index is 12.5. The molecule has 1 aromatic heterocycles. The first-order valence-corrected chi connectivity index (χ1v) is 7.73. The molecule has 0 aromatic carbocycles. The van der Waals surface area contributed by atoms with E-state index in [1.165, 1.54) is 16.2 Å². The number of halogens is 3. The Morgan fingerprint density at radius 2 is 1.95 bits per heavy atom. The predicted octanol–water partition coefficient (Wildman–Crippen LogP) is 3.59. The van der Waals surface area contributed by atoms with Gasteiger partial charge in [0.2, 0.25) is 0 Å². The van der Waals surface area contributed by atoms with Crippen LogP contribution in [0.2, 0.25) is 0 Å². The number of alkyl halides is 3. The van der Waals surface area contributed by atoms with Gasteiger partial charge in [-0.15, -0.1) is 11.3 Å². The lowest BCUT2D eigenvalue weighted by atomic mass is 10.3. The average Bonchev–Trinajstić information content (AvgIpc) is 2.78. The topological polar surface area (TPSA) is 28.2 Å². The Balaban J connectivity index is 2.83. The van der Waals surface area contributed by atoms with Crippen LogP contribution < -0.4 is 10.2 Å². The summed E-state index contributed by atoms with van der Waals surface area (Å²) in [5.41, 5.74) is 0.897. The number of rotatable bonds is 8. The van der Waals surface area contributed by atoms with Crippen molar-refractivity contribution in [2.45, 2.75) is 46.3 Å². The maximum absolute atomic E-state index is 12.5. The second-order valence-electron chi connectivity index (χ2n) is 4.53. The molecule has 1 rings (SSSR count). The number of nitrogens with one attached hydrogen (secondary N) is 1. The molecule has 20 heavy (non-hydrogen) atoms. The number of hydrogen-bond acceptors (Lipinski definition) is 4. The fourth-order valence-corrected chi connectivity index (χ4v) is 3.01. The Morgan fingerprint density at radius 1 is 1.25 bits per heavy atom. The highest BCUT2D eigenvalue weighted by atomic mass is 32.1. The van der Waals surface area contributed by atoms with Gasteiger partial charge in [-0.3, -0.25) is 0 Å². The van der Waals surface area contributed by atoms with E-state index in [0.717, 1.165) is 30.0 Å². The molecule has 0 aliphatic rings. The van der Waals surface area contributed by atoms with Gasteiger partial charge in [0, 0.05) is 18.0 Å². The predicted molar refractivity (Wildman–Crippen MR) is 77.4 cm³/mol. The molecule has 0 aliphatic heterocycles. The Bertz CT molecular complexity index is 404. The first-order chi connectivity index (χ1) is 9.41. The molecule has 0 unspecified atom stereocenters. The third-order valence-electron chi connectivity index (χ3n) is 2.84. The summed E-state index contributed by atoms with van der Waals surface area (Å²) in [6.07, 6.45) is -2.43. The van der Waals surface area contributed by atoms with Gasteiger partial charge < -0.3 is 10.2 Å². The van der Waals surface area contributed by atoms with Crippen molar-refractivity contribution >= 4 is 16.5 Å². The number of hydrogen-bond donors (Lipinski definition) is 1. The van der Waals surface area contributed by atoms with Crippen molar-refractivity contribution in [3.8, 4) is 0 Å². The molecule has 1 heterocycles. The molecule has 0 amide bonds. The highest BCUT2D eigenvalue weighted by Gasteiger charge is 2.31. The van der Waals surface area contributed by atoms with E-state index in [2.05, 4.69) is 17.2 Å². The molecular formula is C13H22F3N3S. The molecule has 1 N–H and O–H groups in total. The fraction of sp³-hybridized carbons (Fsp3) is 0.769. The van der Waals surface area contributed by atoms with E-state index in [0.29, 0.717) is 18.2 Å². The van der Waals surface area contributed by atoms with E-state index < -0.39 is 12.7 Å². The van der Waals surface area contributed by atoms with Crippen LogP contribution in [0.15, 0.2) is 0 Å². The zero-order valence-electron chi connectivity index (χ0n) is 12.2. The summed E-state index contributed by atoms with van der Waals surface area (Å²) in [5.74, 6) is 0. The molecule has 0 spiro atoms. The molecule has 116 valence electrons. The van der Waals surface area contributed by atoms with Gasteiger partial charge in [0.05, 0.1) is 5.69 Å². The highest BCUT2D eigenvalue weighted by molar-refractivity contribution is 7.15. The van der Waals surface area contributed by atoms with Crippen LogP contribution in [0.3, 0.4) is 0 Å². The van der Waals surface area contributed by atoms with Gasteiger partial charge in [-0.25, -0.2) is 4.98 Å². The van der Waals surface area contributed by atoms with Gasteiger partial charge >= 0.3 is 6.18 Å². The Labute approximate surface area is 122 Å². The van der Waals surface area contributed by atoms with Crippen molar-refractivity contribution in [2.75, 3.05) is 24.5 Å². The van der Waals surface area contributed by atoms with Crippen molar-refractivity contribution < 1.29 is 13.2 Å². The van der Waals surface area contributed by atoms with Crippen LogP contribution in [-0.2, 0) is 13.0 Å². The van der Waals surface area contributed by atoms with Crippen molar-refractivity contribution in [3.63, 3.8) is 0 Å². The molecule has 0 saturated carbocycles. The lowest BCUT2D eigenvalue weighted by Gasteiger charge is -2.21. The summed E-state index contributed by atoms with van der Waals surface area (Å²) in [7, 11) is 0. The normalized spacial score (nSPS) is 11.9. The fourth-order valence-electron chi connectivity index (χ4n) is 1.83. The van der Waals surface area contributed by atoms with E-state index in [4.69, 9.17) is 0 Å². The molecule has 0 atom stereocenters. The largest absolute Gasteiger partial charge is 0.406 e. The van der Waals surface area contributed by atoms with Crippen LogP contribution in [0.25, 0.3) is 0 Å². The second-order valence-corrected chi connectivity index (χ2v) is 5.59. The lowest BCUT2D eigenvalue weighted by Crippen LogP contribution is -2.34. The first-order valence-electron chi connectivity index (χ1n) is 6.92. The van der Waals surface area contributed by atoms with E-state index in [-0.39, 0.29) is 0 Å². The molecule has 3 nitrogen and oxygen atoms in total. The smallest absolute Gasteiger partial charge is 0.339 e. The Kier molecular flexibility index (Phi) is 6.75. The van der Waals surface area contributed by atoms with Gasteiger partial charge in [-0.2, -0.15) is 13.2 Å². The quantitative estimate of drug-likeness (QED) is 0.744. The maximum Gasteiger partial charge on any atom is 0.406 e. The molecular weight excluding hydrogens is 287 g/mol. The van der Waals surface area contributed by atoms with Crippen molar-refractivity contribution in [1.29, 1.82) is 0 Å². The number of aromatic nitrogens is 1. The van der Waals surface area contributed by atoms with Crippen LogP contribution in [0.1, 0.15) is 37.8 Å². The molecule has 7 heteroatoms. The van der Waals surface area contributed by atoms with Crippen molar-refractivity contribution in [3.05, 3.63) is 10.6 Å². The van der Waals surface area contributed by atoms with Crippen LogP contribution in [0.4, 0.5) is 18.3 Å². The minimum absolute atomic E-state index is 0.304. The number of thiazole rings is 1. The monoisotopic (exact) mass is 309 g/mol. The van der Waals surface area contributed by atoms with E-state index in [1.807, 2.05) is 6.92 Å². The van der Waals surface area contributed by atoms with Crippen LogP contribution in [0, 0.1) is 0 Å². The summed E-state index contributed by atoms with van der Waals surface area (Å²) >= 11 is 1.36. The van der Waals surface area contributed by atoms with Gasteiger partial charge in [-0.1, -0.05) is 13.8 Å². The summed E-state index contributed by atoms with van der Waals surface area (Å²) in [4.78, 5) is 6.69. The first kappa shape index (κ1) is 17.2. The summed E-state index contributed by atoms with van der Waals surface area (Å²) in [6, 6.07) is 0. The minimum Gasteiger partial charge on any atom is -0.339 e. The second kappa shape index (κ2) is 7.83. The third kappa shape index (κ3) is 5.28. The summed E-state index contributed by atoms with van der Waals surface area (Å²) < 4.78 is 37.6. The number of anilines is 1. The zero-order valence-corrected chi connectivity index (χ0v) is 13.0. The van der Waals surface area contributed by atoms with Crippen LogP contribution in [-0.4, -0.2) is 30.8 Å². The highest BCUT2D eigenvalue weighted by Crippen LogP contribution is 2.29. The summed E-state index contributed by atoms with van der Waals surface area (Å²) in [6.45, 7) is 6.71. The van der Waals surface area contributed by atoms with Gasteiger partial charge in [0.15, 0.2) is 5.13 Å². The standard InChI is InChI=1S/C13H22F3N3S/c1-4-7-17-8-11-10(5-2)18-12(20-11)19(6-3)9-13(14,15)16/h17H,4-9H2,1-3H3. The van der Waals surface area contributed by atoms with E-state index in [1.54, 1.807) is 6.92 Å². The molecule has 1 aromatic rings. The van der Waals surface area contributed by atoms with Crippen LogP contribution >= 0.6 is 11.3 Å². The molecule has 0 saturated heterocycles. The lowest BCUT2D eigenvalue weighted by molar-refractivity contribution is -0.119. The third-order valence-corrected chi connectivity index (χ3v) is 3.99. The number of nitrogens with zero attached hydrogens (tertiary/aromatic N) is 2. The summed E-state index contributed by atoms with van der Waals surface area (Å²) in [5, 5.41) is 3.74. The van der Waals surface area contributed by atoms with E-state index in [9.17, 15) is 13.2 Å². The van der Waals surface area contributed by atoms with Gasteiger partial charge in [-0.05, 0) is 26.3 Å². The van der Waals surface area contributed by atoms with E-state index >= 15 is 0 Å². The van der Waals surface area contributed by atoms with Crippen molar-refractivity contribution in [1.82, 2.24) is 10.3 Å². The van der Waals surface area contributed by atoms with Gasteiger partial charge in [0.1, 0.15) is 6.54 Å². The molecule has 0 radical (unpaired) electrons. The van der Waals surface area contributed by atoms with Gasteiger partial charge in [0.25, 0.3) is 0 Å². The molecule has 0 fully saturated rings. The minimum atomic E-state index is -4.20. The van der Waals surface area contributed by atoms with Crippen LogP contribution in [0.5, 0.6) is 0 Å². The molecule has 0 bridgehead atoms. The average molecular weight is 309 g/mol. The number of aryl methyl sites for hydroxylation is 1. The van der Waals surface area contributed by atoms with Crippen molar-refractivity contribution in [2.24, 2.45) is 0 Å². The molecule has 0 aliphatic carbocycles. The Morgan fingerprint density at radius 3 is 2.45 bits per heavy atom. The SMILES string of the molecule is CCCNCc1sc(N(CC)CC(F)(F)F)nc1CC. The Hall–Kier alpha value is -0.820.